The van der Waals surface area contributed by atoms with Crippen LogP contribution in [0.1, 0.15) is 39.5 Å². The van der Waals surface area contributed by atoms with Crippen LogP contribution in [0.3, 0.4) is 0 Å². The van der Waals surface area contributed by atoms with Crippen molar-refractivity contribution in [3.8, 4) is 0 Å². The molecule has 1 aliphatic heterocycles. The van der Waals surface area contributed by atoms with E-state index in [1.54, 1.807) is 6.92 Å². The highest BCUT2D eigenvalue weighted by atomic mass is 16.5. The van der Waals surface area contributed by atoms with Gasteiger partial charge in [0.15, 0.2) is 0 Å². The second kappa shape index (κ2) is 7.11. The fourth-order valence-corrected chi connectivity index (χ4v) is 2.34. The standard InChI is InChI=1S/C13H21NO5/c1-4-6-9(13(17)19-5-2)14-10(12(16)18-3)7-8-11(14)15/h9-10H,4-8H2,1-3H3. The van der Waals surface area contributed by atoms with Gasteiger partial charge in [0.05, 0.1) is 13.7 Å². The van der Waals surface area contributed by atoms with E-state index in [9.17, 15) is 14.4 Å². The molecule has 1 rings (SSSR count). The molecule has 0 aromatic heterocycles. The minimum Gasteiger partial charge on any atom is -0.467 e. The minimum absolute atomic E-state index is 0.193. The van der Waals surface area contributed by atoms with E-state index in [0.717, 1.165) is 6.42 Å². The molecule has 1 aliphatic rings. The van der Waals surface area contributed by atoms with E-state index in [1.165, 1.54) is 12.0 Å². The number of likely N-dealkylation sites (tertiary alicyclic amines) is 1. The number of rotatable bonds is 6. The Labute approximate surface area is 113 Å². The highest BCUT2D eigenvalue weighted by molar-refractivity contribution is 5.92. The Balaban J connectivity index is 2.93. The Kier molecular flexibility index (Phi) is 5.79. The van der Waals surface area contributed by atoms with Crippen molar-refractivity contribution in [1.82, 2.24) is 4.90 Å². The lowest BCUT2D eigenvalue weighted by Crippen LogP contribution is -2.50. The highest BCUT2D eigenvalue weighted by Gasteiger charge is 2.43. The fraction of sp³-hybridized carbons (Fsp3) is 0.769. The maximum atomic E-state index is 12.0. The zero-order valence-corrected chi connectivity index (χ0v) is 11.7. The van der Waals surface area contributed by atoms with Crippen LogP contribution in [-0.4, -0.2) is 48.5 Å². The smallest absolute Gasteiger partial charge is 0.328 e. The molecule has 0 bridgehead atoms. The summed E-state index contributed by atoms with van der Waals surface area (Å²) in [5.41, 5.74) is 0. The summed E-state index contributed by atoms with van der Waals surface area (Å²) in [6.45, 7) is 3.88. The minimum atomic E-state index is -0.691. The molecule has 1 saturated heterocycles. The number of ether oxygens (including phenoxy) is 2. The molecule has 0 aromatic carbocycles. The lowest BCUT2D eigenvalue weighted by atomic mass is 10.1. The Bertz CT molecular complexity index is 355. The van der Waals surface area contributed by atoms with Gasteiger partial charge in [-0.2, -0.15) is 0 Å². The molecule has 1 fully saturated rings. The molecule has 0 aromatic rings. The molecule has 2 unspecified atom stereocenters. The van der Waals surface area contributed by atoms with Gasteiger partial charge in [0, 0.05) is 6.42 Å². The highest BCUT2D eigenvalue weighted by Crippen LogP contribution is 2.25. The number of esters is 2. The number of hydrogen-bond acceptors (Lipinski definition) is 5. The summed E-state index contributed by atoms with van der Waals surface area (Å²) in [5, 5.41) is 0. The lowest BCUT2D eigenvalue weighted by Gasteiger charge is -2.30. The summed E-state index contributed by atoms with van der Waals surface area (Å²) in [5.74, 6) is -1.12. The Hall–Kier alpha value is -1.59. The molecule has 0 saturated carbocycles. The van der Waals surface area contributed by atoms with Crippen molar-refractivity contribution < 1.29 is 23.9 Å². The maximum absolute atomic E-state index is 12.0. The third-order valence-electron chi connectivity index (χ3n) is 3.19. The van der Waals surface area contributed by atoms with Crippen LogP contribution in [0, 0.1) is 0 Å². The molecule has 0 aliphatic carbocycles. The van der Waals surface area contributed by atoms with E-state index in [1.807, 2.05) is 6.92 Å². The molecular formula is C13H21NO5. The van der Waals surface area contributed by atoms with Crippen molar-refractivity contribution in [3.63, 3.8) is 0 Å². The van der Waals surface area contributed by atoms with Crippen LogP contribution in [0.5, 0.6) is 0 Å². The maximum Gasteiger partial charge on any atom is 0.328 e. The average Bonchev–Trinajstić information content (AvgIpc) is 2.77. The molecule has 0 radical (unpaired) electrons. The second-order valence-electron chi connectivity index (χ2n) is 4.44. The normalized spacial score (nSPS) is 20.3. The molecule has 1 amide bonds. The van der Waals surface area contributed by atoms with Crippen LogP contribution in [0.15, 0.2) is 0 Å². The molecule has 6 nitrogen and oxygen atoms in total. The first-order valence-electron chi connectivity index (χ1n) is 6.62. The zero-order valence-electron chi connectivity index (χ0n) is 11.7. The number of carbonyl (C=O) groups is 3. The van der Waals surface area contributed by atoms with E-state index in [4.69, 9.17) is 9.47 Å². The SMILES string of the molecule is CCCC(C(=O)OCC)N1C(=O)CCC1C(=O)OC. The molecule has 0 spiro atoms. The van der Waals surface area contributed by atoms with Crippen molar-refractivity contribution in [1.29, 1.82) is 0 Å². The van der Waals surface area contributed by atoms with E-state index in [-0.39, 0.29) is 18.9 Å². The van der Waals surface area contributed by atoms with Crippen molar-refractivity contribution in [3.05, 3.63) is 0 Å². The van der Waals surface area contributed by atoms with Crippen molar-refractivity contribution in [2.45, 2.75) is 51.6 Å². The Morgan fingerprint density at radius 1 is 1.42 bits per heavy atom. The number of hydrogen-bond donors (Lipinski definition) is 0. The molecule has 6 heteroatoms. The van der Waals surface area contributed by atoms with Crippen LogP contribution in [0.4, 0.5) is 0 Å². The van der Waals surface area contributed by atoms with E-state index >= 15 is 0 Å². The van der Waals surface area contributed by atoms with Gasteiger partial charge in [-0.1, -0.05) is 13.3 Å². The van der Waals surface area contributed by atoms with Gasteiger partial charge in [-0.3, -0.25) is 4.79 Å². The second-order valence-corrected chi connectivity index (χ2v) is 4.44. The van der Waals surface area contributed by atoms with E-state index < -0.39 is 24.0 Å². The van der Waals surface area contributed by atoms with Gasteiger partial charge in [0.1, 0.15) is 12.1 Å². The lowest BCUT2D eigenvalue weighted by molar-refractivity contribution is -0.159. The first-order valence-corrected chi connectivity index (χ1v) is 6.62. The average molecular weight is 271 g/mol. The van der Waals surface area contributed by atoms with Gasteiger partial charge in [-0.05, 0) is 19.8 Å². The third kappa shape index (κ3) is 3.45. The van der Waals surface area contributed by atoms with Crippen molar-refractivity contribution in [2.24, 2.45) is 0 Å². The fourth-order valence-electron chi connectivity index (χ4n) is 2.34. The Morgan fingerprint density at radius 3 is 2.63 bits per heavy atom. The molecule has 1 heterocycles. The topological polar surface area (TPSA) is 72.9 Å². The van der Waals surface area contributed by atoms with Crippen molar-refractivity contribution >= 4 is 17.8 Å². The van der Waals surface area contributed by atoms with Gasteiger partial charge in [0.2, 0.25) is 5.91 Å². The predicted molar refractivity (Wildman–Crippen MR) is 67.2 cm³/mol. The van der Waals surface area contributed by atoms with Gasteiger partial charge < -0.3 is 14.4 Å². The van der Waals surface area contributed by atoms with Crippen molar-refractivity contribution in [2.75, 3.05) is 13.7 Å². The summed E-state index contributed by atoms with van der Waals surface area (Å²) < 4.78 is 9.69. The predicted octanol–water partition coefficient (Wildman–Crippen LogP) is 0.882. The first-order chi connectivity index (χ1) is 9.06. The summed E-state index contributed by atoms with van der Waals surface area (Å²) in [4.78, 5) is 36.9. The molecule has 108 valence electrons. The molecular weight excluding hydrogens is 250 g/mol. The van der Waals surface area contributed by atoms with Gasteiger partial charge in [-0.15, -0.1) is 0 Å². The van der Waals surface area contributed by atoms with Crippen LogP contribution >= 0.6 is 0 Å². The van der Waals surface area contributed by atoms with Crippen LogP contribution in [0.2, 0.25) is 0 Å². The number of carbonyl (C=O) groups excluding carboxylic acids is 3. The summed E-state index contributed by atoms with van der Waals surface area (Å²) in [6, 6.07) is -1.36. The van der Waals surface area contributed by atoms with Gasteiger partial charge in [0.25, 0.3) is 0 Å². The van der Waals surface area contributed by atoms with Gasteiger partial charge >= 0.3 is 11.9 Å². The van der Waals surface area contributed by atoms with E-state index in [0.29, 0.717) is 12.8 Å². The van der Waals surface area contributed by atoms with Crippen LogP contribution in [-0.2, 0) is 23.9 Å². The third-order valence-corrected chi connectivity index (χ3v) is 3.19. The quantitative estimate of drug-likeness (QED) is 0.671. The van der Waals surface area contributed by atoms with E-state index in [2.05, 4.69) is 0 Å². The Morgan fingerprint density at radius 2 is 2.11 bits per heavy atom. The molecule has 2 atom stereocenters. The summed E-state index contributed by atoms with van der Waals surface area (Å²) in [7, 11) is 1.28. The molecule has 19 heavy (non-hydrogen) atoms. The monoisotopic (exact) mass is 271 g/mol. The van der Waals surface area contributed by atoms with Crippen LogP contribution < -0.4 is 0 Å². The largest absolute Gasteiger partial charge is 0.467 e. The first kappa shape index (κ1) is 15.5. The number of nitrogens with zero attached hydrogens (tertiary/aromatic N) is 1. The van der Waals surface area contributed by atoms with Gasteiger partial charge in [-0.25, -0.2) is 9.59 Å². The van der Waals surface area contributed by atoms with Crippen LogP contribution in [0.25, 0.3) is 0 Å². The summed E-state index contributed by atoms with van der Waals surface area (Å²) >= 11 is 0. The molecule has 0 N–H and O–H groups in total. The summed E-state index contributed by atoms with van der Waals surface area (Å²) in [6.07, 6.45) is 1.86. The number of methoxy groups -OCH3 is 1. The number of amides is 1. The zero-order chi connectivity index (χ0) is 14.4.